The summed E-state index contributed by atoms with van der Waals surface area (Å²) in [5, 5.41) is 11.1. The molecule has 1 unspecified atom stereocenters. The number of halogens is 1. The van der Waals surface area contributed by atoms with E-state index in [2.05, 4.69) is 5.32 Å². The van der Waals surface area contributed by atoms with Gasteiger partial charge in [0, 0.05) is 0 Å². The van der Waals surface area contributed by atoms with Crippen LogP contribution in [0.5, 0.6) is 0 Å². The van der Waals surface area contributed by atoms with E-state index < -0.39 is 35.1 Å². The van der Waals surface area contributed by atoms with Crippen LogP contribution in [-0.4, -0.2) is 17.8 Å². The van der Waals surface area contributed by atoms with E-state index in [9.17, 15) is 18.8 Å². The third kappa shape index (κ3) is 2.48. The molecule has 0 spiro atoms. The zero-order valence-corrected chi connectivity index (χ0v) is 11.2. The predicted octanol–water partition coefficient (Wildman–Crippen LogP) is 1.70. The van der Waals surface area contributed by atoms with Gasteiger partial charge in [0.05, 0.1) is 5.69 Å². The van der Waals surface area contributed by atoms with E-state index in [1.807, 2.05) is 0 Å². The summed E-state index contributed by atoms with van der Waals surface area (Å²) < 4.78 is 13.6. The Labute approximate surface area is 120 Å². The van der Waals surface area contributed by atoms with Gasteiger partial charge in [-0.05, 0) is 18.6 Å². The number of barbiturate groups is 1. The predicted molar refractivity (Wildman–Crippen MR) is 70.5 cm³/mol. The Balaban J connectivity index is 2.50. The highest BCUT2D eigenvalue weighted by molar-refractivity contribution is 6.28. The largest absolute Gasteiger partial charge is 0.335 e. The maximum absolute atomic E-state index is 13.6. The number of hydrogen-bond acceptors (Lipinski definition) is 4. The zero-order valence-electron chi connectivity index (χ0n) is 11.2. The van der Waals surface area contributed by atoms with E-state index in [-0.39, 0.29) is 12.1 Å². The number of urea groups is 1. The molecule has 108 valence electrons. The van der Waals surface area contributed by atoms with Crippen molar-refractivity contribution in [3.8, 4) is 6.07 Å². The van der Waals surface area contributed by atoms with E-state index in [0.717, 1.165) is 6.07 Å². The smallest absolute Gasteiger partial charge is 0.277 e. The summed E-state index contributed by atoms with van der Waals surface area (Å²) in [4.78, 5) is 36.6. The number of imide groups is 2. The van der Waals surface area contributed by atoms with E-state index in [0.29, 0.717) is 11.3 Å². The lowest BCUT2D eigenvalue weighted by atomic mass is 9.98. The first kappa shape index (κ1) is 14.7. The molecule has 0 saturated carbocycles. The maximum Gasteiger partial charge on any atom is 0.335 e. The Morgan fingerprint density at radius 1 is 1.38 bits per heavy atom. The summed E-state index contributed by atoms with van der Waals surface area (Å²) in [6.07, 6.45) is 0.839. The number of nitriles is 1. The fourth-order valence-corrected chi connectivity index (χ4v) is 2.20. The van der Waals surface area contributed by atoms with Crippen LogP contribution in [-0.2, 0) is 9.59 Å². The quantitative estimate of drug-likeness (QED) is 0.857. The number of benzene rings is 1. The van der Waals surface area contributed by atoms with Crippen molar-refractivity contribution in [2.24, 2.45) is 5.92 Å². The van der Waals surface area contributed by atoms with Crippen LogP contribution >= 0.6 is 0 Å². The molecule has 4 amide bonds. The third-order valence-corrected chi connectivity index (χ3v) is 3.19. The minimum Gasteiger partial charge on any atom is -0.277 e. The van der Waals surface area contributed by atoms with Gasteiger partial charge in [0.2, 0.25) is 11.8 Å². The molecule has 1 heterocycles. The van der Waals surface area contributed by atoms with Crippen LogP contribution in [0.1, 0.15) is 25.3 Å². The molecule has 1 atom stereocenters. The molecule has 0 radical (unpaired) electrons. The SMILES string of the molecule is CCCC1C(=O)NC(=O)N(c2cccc(F)c2C#N)C1=O. The molecule has 1 aromatic rings. The Morgan fingerprint density at radius 3 is 2.71 bits per heavy atom. The molecule has 1 saturated heterocycles. The maximum atomic E-state index is 13.6. The molecular formula is C14H12FN3O3. The van der Waals surface area contributed by atoms with E-state index in [1.165, 1.54) is 12.1 Å². The van der Waals surface area contributed by atoms with Gasteiger partial charge < -0.3 is 0 Å². The second-order valence-corrected chi connectivity index (χ2v) is 4.56. The van der Waals surface area contributed by atoms with Crippen molar-refractivity contribution >= 4 is 23.5 Å². The topological polar surface area (TPSA) is 90.3 Å². The molecule has 1 fully saturated rings. The number of hydrogen-bond donors (Lipinski definition) is 1. The van der Waals surface area contributed by atoms with E-state index in [1.54, 1.807) is 13.0 Å². The van der Waals surface area contributed by atoms with Gasteiger partial charge in [0.1, 0.15) is 23.4 Å². The molecule has 1 aromatic carbocycles. The fraction of sp³-hybridized carbons (Fsp3) is 0.286. The monoisotopic (exact) mass is 289 g/mol. The number of nitrogens with one attached hydrogen (secondary N) is 1. The van der Waals surface area contributed by atoms with Crippen LogP contribution in [0.4, 0.5) is 14.9 Å². The first-order valence-electron chi connectivity index (χ1n) is 6.38. The molecule has 2 rings (SSSR count). The summed E-state index contributed by atoms with van der Waals surface area (Å²) in [5.74, 6) is -3.26. The highest BCUT2D eigenvalue weighted by Crippen LogP contribution is 2.27. The van der Waals surface area contributed by atoms with Crippen molar-refractivity contribution in [1.29, 1.82) is 5.26 Å². The van der Waals surface area contributed by atoms with Crippen LogP contribution in [0.2, 0.25) is 0 Å². The summed E-state index contributed by atoms with van der Waals surface area (Å²) >= 11 is 0. The van der Waals surface area contributed by atoms with Gasteiger partial charge in [-0.3, -0.25) is 14.9 Å². The minimum absolute atomic E-state index is 0.159. The fourth-order valence-electron chi connectivity index (χ4n) is 2.20. The van der Waals surface area contributed by atoms with E-state index in [4.69, 9.17) is 5.26 Å². The van der Waals surface area contributed by atoms with Gasteiger partial charge >= 0.3 is 6.03 Å². The number of amides is 4. The molecule has 21 heavy (non-hydrogen) atoms. The van der Waals surface area contributed by atoms with Crippen LogP contribution in [0, 0.1) is 23.1 Å². The van der Waals surface area contributed by atoms with Crippen LogP contribution in [0.25, 0.3) is 0 Å². The van der Waals surface area contributed by atoms with Gasteiger partial charge in [-0.1, -0.05) is 19.4 Å². The number of nitrogens with zero attached hydrogens (tertiary/aromatic N) is 2. The zero-order chi connectivity index (χ0) is 15.6. The first-order chi connectivity index (χ1) is 10.0. The highest BCUT2D eigenvalue weighted by atomic mass is 19.1. The number of anilines is 1. The average Bonchev–Trinajstić information content (AvgIpc) is 2.43. The number of carbonyl (C=O) groups excluding carboxylic acids is 3. The molecule has 1 aliphatic rings. The van der Waals surface area contributed by atoms with E-state index >= 15 is 0 Å². The van der Waals surface area contributed by atoms with Crippen molar-refractivity contribution in [1.82, 2.24) is 5.32 Å². The van der Waals surface area contributed by atoms with Gasteiger partial charge in [-0.2, -0.15) is 5.26 Å². The molecule has 0 aliphatic carbocycles. The Morgan fingerprint density at radius 2 is 2.10 bits per heavy atom. The molecule has 6 nitrogen and oxygen atoms in total. The Kier molecular flexibility index (Phi) is 3.98. The minimum atomic E-state index is -1.01. The normalized spacial score (nSPS) is 18.4. The molecule has 0 bridgehead atoms. The summed E-state index contributed by atoms with van der Waals surface area (Å²) in [5.41, 5.74) is -0.570. The van der Waals surface area contributed by atoms with Gasteiger partial charge in [-0.25, -0.2) is 14.1 Å². The van der Waals surface area contributed by atoms with Gasteiger partial charge in [0.25, 0.3) is 0 Å². The summed E-state index contributed by atoms with van der Waals surface area (Å²) in [7, 11) is 0. The van der Waals surface area contributed by atoms with Crippen molar-refractivity contribution in [3.05, 3.63) is 29.6 Å². The third-order valence-electron chi connectivity index (χ3n) is 3.19. The van der Waals surface area contributed by atoms with Crippen molar-refractivity contribution in [3.63, 3.8) is 0 Å². The molecule has 7 heteroatoms. The lowest BCUT2D eigenvalue weighted by molar-refractivity contribution is -0.134. The number of carbonyl (C=O) groups is 3. The second-order valence-electron chi connectivity index (χ2n) is 4.56. The molecule has 1 aliphatic heterocycles. The Hall–Kier alpha value is -2.75. The van der Waals surface area contributed by atoms with Gasteiger partial charge in [0.15, 0.2) is 0 Å². The average molecular weight is 289 g/mol. The second kappa shape index (κ2) is 5.71. The Bertz CT molecular complexity index is 666. The summed E-state index contributed by atoms with van der Waals surface area (Å²) in [6.45, 7) is 1.80. The van der Waals surface area contributed by atoms with Crippen LogP contribution in [0.3, 0.4) is 0 Å². The van der Waals surface area contributed by atoms with Crippen LogP contribution < -0.4 is 10.2 Å². The van der Waals surface area contributed by atoms with Crippen molar-refractivity contribution < 1.29 is 18.8 Å². The lowest BCUT2D eigenvalue weighted by Crippen LogP contribution is -2.58. The van der Waals surface area contributed by atoms with Gasteiger partial charge in [-0.15, -0.1) is 0 Å². The first-order valence-corrected chi connectivity index (χ1v) is 6.38. The standard InChI is InChI=1S/C14H12FN3O3/c1-2-4-8-12(19)17-14(21)18(13(8)20)11-6-3-5-10(15)9(11)7-16/h3,5-6,8H,2,4H2,1H3,(H,17,19,21). The lowest BCUT2D eigenvalue weighted by Gasteiger charge is -2.30. The van der Waals surface area contributed by atoms with Crippen molar-refractivity contribution in [2.75, 3.05) is 4.90 Å². The molecule has 0 aromatic heterocycles. The number of rotatable bonds is 3. The summed E-state index contributed by atoms with van der Waals surface area (Å²) in [6, 6.07) is 4.29. The molecular weight excluding hydrogens is 277 g/mol. The van der Waals surface area contributed by atoms with Crippen LogP contribution in [0.15, 0.2) is 18.2 Å². The van der Waals surface area contributed by atoms with Crippen molar-refractivity contribution in [2.45, 2.75) is 19.8 Å². The highest BCUT2D eigenvalue weighted by Gasteiger charge is 2.41. The molecule has 1 N–H and O–H groups in total.